The van der Waals surface area contributed by atoms with Gasteiger partial charge in [-0.15, -0.1) is 0 Å². The summed E-state index contributed by atoms with van der Waals surface area (Å²) in [4.78, 5) is 24.4. The molecule has 6 heteroatoms. The van der Waals surface area contributed by atoms with Crippen LogP contribution in [0.5, 0.6) is 0 Å². The highest BCUT2D eigenvalue weighted by Gasteiger charge is 2.09. The lowest BCUT2D eigenvalue weighted by molar-refractivity contribution is 0.101. The Morgan fingerprint density at radius 3 is 1.69 bits per heavy atom. The van der Waals surface area contributed by atoms with E-state index >= 15 is 0 Å². The van der Waals surface area contributed by atoms with Crippen molar-refractivity contribution >= 4 is 34.8 Å². The molecule has 4 nitrogen and oxygen atoms in total. The standard InChI is InChI=1S/C20H14ClFN2O2/c21-15-8-4-13(5-9-15)19(25)23-17-2-1-3-18(12-17)24-20(26)14-6-10-16(22)11-7-14/h1-12H,(H,23,25)(H,24,26). The number of carbonyl (C=O) groups is 2. The molecular formula is C20H14ClFN2O2. The van der Waals surface area contributed by atoms with Crippen LogP contribution in [0, 0.1) is 5.82 Å². The van der Waals surface area contributed by atoms with Gasteiger partial charge in [0.15, 0.2) is 0 Å². The van der Waals surface area contributed by atoms with Crippen molar-refractivity contribution in [3.05, 3.63) is 94.8 Å². The summed E-state index contributed by atoms with van der Waals surface area (Å²) >= 11 is 5.81. The molecule has 0 saturated carbocycles. The molecule has 0 heterocycles. The quantitative estimate of drug-likeness (QED) is 0.682. The summed E-state index contributed by atoms with van der Waals surface area (Å²) in [5.74, 6) is -1.07. The Hall–Kier alpha value is -3.18. The number of rotatable bonds is 4. The van der Waals surface area contributed by atoms with Crippen LogP contribution in [-0.4, -0.2) is 11.8 Å². The summed E-state index contributed by atoms with van der Waals surface area (Å²) in [6.07, 6.45) is 0. The topological polar surface area (TPSA) is 58.2 Å². The minimum Gasteiger partial charge on any atom is -0.322 e. The molecule has 130 valence electrons. The normalized spacial score (nSPS) is 10.2. The van der Waals surface area contributed by atoms with E-state index in [4.69, 9.17) is 11.6 Å². The molecule has 0 aliphatic heterocycles. The van der Waals surface area contributed by atoms with Gasteiger partial charge in [0.05, 0.1) is 0 Å². The Morgan fingerprint density at radius 2 is 1.19 bits per heavy atom. The summed E-state index contributed by atoms with van der Waals surface area (Å²) in [6.45, 7) is 0. The fraction of sp³-hybridized carbons (Fsp3) is 0. The van der Waals surface area contributed by atoms with Gasteiger partial charge in [0.25, 0.3) is 11.8 Å². The van der Waals surface area contributed by atoms with E-state index in [0.717, 1.165) is 0 Å². The van der Waals surface area contributed by atoms with E-state index in [1.807, 2.05) is 0 Å². The van der Waals surface area contributed by atoms with Crippen LogP contribution in [0.25, 0.3) is 0 Å². The van der Waals surface area contributed by atoms with Gasteiger partial charge in [-0.2, -0.15) is 0 Å². The SMILES string of the molecule is O=C(Nc1cccc(NC(=O)c2ccc(Cl)cc2)c1)c1ccc(F)cc1. The van der Waals surface area contributed by atoms with E-state index in [1.165, 1.54) is 24.3 Å². The number of carbonyl (C=O) groups excluding carboxylic acids is 2. The third kappa shape index (κ3) is 4.46. The number of anilines is 2. The van der Waals surface area contributed by atoms with Gasteiger partial charge in [-0.05, 0) is 66.7 Å². The third-order valence-corrected chi connectivity index (χ3v) is 3.84. The van der Waals surface area contributed by atoms with Crippen molar-refractivity contribution in [2.75, 3.05) is 10.6 Å². The molecule has 3 rings (SSSR count). The fourth-order valence-electron chi connectivity index (χ4n) is 2.28. The largest absolute Gasteiger partial charge is 0.322 e. The van der Waals surface area contributed by atoms with Crippen molar-refractivity contribution in [1.29, 1.82) is 0 Å². The molecule has 3 aromatic carbocycles. The molecule has 0 aliphatic carbocycles. The lowest BCUT2D eigenvalue weighted by Crippen LogP contribution is -2.14. The first-order valence-corrected chi connectivity index (χ1v) is 8.13. The van der Waals surface area contributed by atoms with Gasteiger partial charge >= 0.3 is 0 Å². The second-order valence-corrected chi connectivity index (χ2v) is 5.94. The average Bonchev–Trinajstić information content (AvgIpc) is 2.63. The van der Waals surface area contributed by atoms with Crippen LogP contribution in [-0.2, 0) is 0 Å². The highest BCUT2D eigenvalue weighted by molar-refractivity contribution is 6.30. The summed E-state index contributed by atoms with van der Waals surface area (Å²) in [6, 6.07) is 18.5. The van der Waals surface area contributed by atoms with Gasteiger partial charge in [-0.1, -0.05) is 17.7 Å². The number of halogens is 2. The Kier molecular flexibility index (Phi) is 5.29. The van der Waals surface area contributed by atoms with Crippen LogP contribution >= 0.6 is 11.6 Å². The number of amides is 2. The first-order chi connectivity index (χ1) is 12.5. The molecule has 3 aromatic rings. The number of hydrogen-bond donors (Lipinski definition) is 2. The van der Waals surface area contributed by atoms with E-state index < -0.39 is 5.82 Å². The van der Waals surface area contributed by atoms with E-state index in [-0.39, 0.29) is 11.8 Å². The van der Waals surface area contributed by atoms with E-state index in [2.05, 4.69) is 10.6 Å². The Morgan fingerprint density at radius 1 is 0.731 bits per heavy atom. The maximum atomic E-state index is 12.9. The van der Waals surface area contributed by atoms with Gasteiger partial charge in [0, 0.05) is 27.5 Å². The Labute approximate surface area is 154 Å². The maximum Gasteiger partial charge on any atom is 0.255 e. The van der Waals surface area contributed by atoms with Crippen LogP contribution < -0.4 is 10.6 Å². The number of hydrogen-bond acceptors (Lipinski definition) is 2. The van der Waals surface area contributed by atoms with Crippen molar-refractivity contribution < 1.29 is 14.0 Å². The lowest BCUT2D eigenvalue weighted by atomic mass is 10.2. The minimum atomic E-state index is -0.409. The molecule has 0 saturated heterocycles. The highest BCUT2D eigenvalue weighted by atomic mass is 35.5. The maximum absolute atomic E-state index is 12.9. The molecule has 2 N–H and O–H groups in total. The second kappa shape index (κ2) is 7.80. The molecule has 0 radical (unpaired) electrons. The predicted octanol–water partition coefficient (Wildman–Crippen LogP) is 4.98. The molecule has 26 heavy (non-hydrogen) atoms. The van der Waals surface area contributed by atoms with Crippen LogP contribution in [0.3, 0.4) is 0 Å². The monoisotopic (exact) mass is 368 g/mol. The van der Waals surface area contributed by atoms with Crippen LogP contribution in [0.4, 0.5) is 15.8 Å². The molecule has 0 aromatic heterocycles. The second-order valence-electron chi connectivity index (χ2n) is 5.50. The fourth-order valence-corrected chi connectivity index (χ4v) is 2.41. The molecule has 0 bridgehead atoms. The molecule has 0 fully saturated rings. The van der Waals surface area contributed by atoms with Gasteiger partial charge in [0.2, 0.25) is 0 Å². The zero-order valence-electron chi connectivity index (χ0n) is 13.5. The zero-order chi connectivity index (χ0) is 18.5. The van der Waals surface area contributed by atoms with E-state index in [0.29, 0.717) is 27.5 Å². The van der Waals surface area contributed by atoms with Gasteiger partial charge < -0.3 is 10.6 Å². The molecule has 0 spiro atoms. The molecule has 0 aliphatic rings. The predicted molar refractivity (Wildman–Crippen MR) is 100 cm³/mol. The van der Waals surface area contributed by atoms with Crippen molar-refractivity contribution in [3.63, 3.8) is 0 Å². The van der Waals surface area contributed by atoms with Gasteiger partial charge in [-0.25, -0.2) is 4.39 Å². The molecular weight excluding hydrogens is 355 g/mol. The van der Waals surface area contributed by atoms with Crippen molar-refractivity contribution in [3.8, 4) is 0 Å². The third-order valence-electron chi connectivity index (χ3n) is 3.59. The van der Waals surface area contributed by atoms with Crippen LogP contribution in [0.15, 0.2) is 72.8 Å². The minimum absolute atomic E-state index is 0.288. The Bertz CT molecular complexity index is 866. The van der Waals surface area contributed by atoms with E-state index in [1.54, 1.807) is 48.5 Å². The summed E-state index contributed by atoms with van der Waals surface area (Å²) in [5, 5.41) is 6.01. The van der Waals surface area contributed by atoms with Gasteiger partial charge in [-0.3, -0.25) is 9.59 Å². The van der Waals surface area contributed by atoms with E-state index in [9.17, 15) is 14.0 Å². The van der Waals surface area contributed by atoms with Crippen LogP contribution in [0.1, 0.15) is 20.7 Å². The summed E-state index contributed by atoms with van der Waals surface area (Å²) in [5.41, 5.74) is 1.84. The molecule has 0 atom stereocenters. The number of nitrogens with one attached hydrogen (secondary N) is 2. The van der Waals surface area contributed by atoms with Crippen LogP contribution in [0.2, 0.25) is 5.02 Å². The summed E-state index contributed by atoms with van der Waals surface area (Å²) in [7, 11) is 0. The molecule has 0 unspecified atom stereocenters. The zero-order valence-corrected chi connectivity index (χ0v) is 14.3. The van der Waals surface area contributed by atoms with Crippen molar-refractivity contribution in [1.82, 2.24) is 0 Å². The van der Waals surface area contributed by atoms with Crippen molar-refractivity contribution in [2.24, 2.45) is 0 Å². The highest BCUT2D eigenvalue weighted by Crippen LogP contribution is 2.18. The smallest absolute Gasteiger partial charge is 0.255 e. The molecule has 2 amide bonds. The average molecular weight is 369 g/mol. The number of benzene rings is 3. The summed E-state index contributed by atoms with van der Waals surface area (Å²) < 4.78 is 12.9. The first-order valence-electron chi connectivity index (χ1n) is 7.75. The first kappa shape index (κ1) is 17.6. The van der Waals surface area contributed by atoms with Gasteiger partial charge in [0.1, 0.15) is 5.82 Å². The Balaban J connectivity index is 1.69. The van der Waals surface area contributed by atoms with Crippen molar-refractivity contribution in [2.45, 2.75) is 0 Å². The lowest BCUT2D eigenvalue weighted by Gasteiger charge is -2.09.